The van der Waals surface area contributed by atoms with Crippen LogP contribution < -0.4 is 4.90 Å². The Hall–Kier alpha value is -1.16. The van der Waals surface area contributed by atoms with Crippen molar-refractivity contribution in [2.24, 2.45) is 0 Å². The molecule has 1 saturated heterocycles. The number of hydrogen-bond donors (Lipinski definition) is 0. The summed E-state index contributed by atoms with van der Waals surface area (Å²) in [5.41, 5.74) is 0.849. The molecule has 0 bridgehead atoms. The van der Waals surface area contributed by atoms with Crippen LogP contribution in [0.5, 0.6) is 0 Å². The van der Waals surface area contributed by atoms with E-state index in [9.17, 15) is 4.39 Å². The van der Waals surface area contributed by atoms with Gasteiger partial charge in [-0.25, -0.2) is 4.98 Å². The molecule has 88 valence electrons. The van der Waals surface area contributed by atoms with E-state index in [-0.39, 0.29) is 6.10 Å². The van der Waals surface area contributed by atoms with E-state index in [1.54, 1.807) is 0 Å². The van der Waals surface area contributed by atoms with Gasteiger partial charge in [0.1, 0.15) is 0 Å². The van der Waals surface area contributed by atoms with Crippen molar-refractivity contribution < 1.29 is 9.13 Å². The first-order chi connectivity index (χ1) is 7.75. The van der Waals surface area contributed by atoms with Crippen LogP contribution in [0.15, 0.2) is 18.3 Å². The highest BCUT2D eigenvalue weighted by Gasteiger charge is 2.16. The first-order valence-corrected chi connectivity index (χ1v) is 5.70. The van der Waals surface area contributed by atoms with Crippen LogP contribution in [0, 0.1) is 5.95 Å². The van der Waals surface area contributed by atoms with E-state index in [0.717, 1.165) is 31.7 Å². The molecule has 0 amide bonds. The predicted molar refractivity (Wildman–Crippen MR) is 61.1 cm³/mol. The van der Waals surface area contributed by atoms with Crippen molar-refractivity contribution in [2.75, 3.05) is 25.1 Å². The fourth-order valence-electron chi connectivity index (χ4n) is 1.99. The van der Waals surface area contributed by atoms with Crippen molar-refractivity contribution in [1.82, 2.24) is 4.98 Å². The second-order valence-corrected chi connectivity index (χ2v) is 4.21. The quantitative estimate of drug-likeness (QED) is 0.736. The van der Waals surface area contributed by atoms with E-state index in [1.165, 1.54) is 18.7 Å². The lowest BCUT2D eigenvalue weighted by atomic mass is 10.1. The molecule has 1 fully saturated rings. The molecule has 0 aliphatic carbocycles. The van der Waals surface area contributed by atoms with Gasteiger partial charge in [-0.1, -0.05) is 0 Å². The average Bonchev–Trinajstić information content (AvgIpc) is 2.30. The zero-order chi connectivity index (χ0) is 11.4. The monoisotopic (exact) mass is 224 g/mol. The zero-order valence-electron chi connectivity index (χ0n) is 9.53. The van der Waals surface area contributed by atoms with Crippen LogP contribution in [-0.4, -0.2) is 31.3 Å². The van der Waals surface area contributed by atoms with Gasteiger partial charge in [0.2, 0.25) is 5.95 Å². The van der Waals surface area contributed by atoms with Crippen LogP contribution in [0.4, 0.5) is 10.1 Å². The average molecular weight is 224 g/mol. The largest absolute Gasteiger partial charge is 0.376 e. The number of pyridine rings is 1. The van der Waals surface area contributed by atoms with E-state index in [1.807, 2.05) is 18.0 Å². The number of rotatable bonds is 3. The number of hydrogen-bond acceptors (Lipinski definition) is 3. The van der Waals surface area contributed by atoms with Gasteiger partial charge in [-0.05, 0) is 25.3 Å². The predicted octanol–water partition coefficient (Wildman–Crippen LogP) is 2.23. The maximum Gasteiger partial charge on any atom is 0.214 e. The van der Waals surface area contributed by atoms with Crippen LogP contribution >= 0.6 is 0 Å². The lowest BCUT2D eigenvalue weighted by molar-refractivity contribution is 0.0216. The minimum atomic E-state index is -0.436. The lowest BCUT2D eigenvalue weighted by Crippen LogP contribution is -2.33. The summed E-state index contributed by atoms with van der Waals surface area (Å²) in [4.78, 5) is 5.56. The fourth-order valence-corrected chi connectivity index (χ4v) is 1.99. The second-order valence-electron chi connectivity index (χ2n) is 4.21. The minimum absolute atomic E-state index is 0.273. The third kappa shape index (κ3) is 2.92. The summed E-state index contributed by atoms with van der Waals surface area (Å²) in [7, 11) is 1.95. The molecular formula is C12H17FN2O. The van der Waals surface area contributed by atoms with Gasteiger partial charge in [0.05, 0.1) is 6.10 Å². The van der Waals surface area contributed by atoms with Crippen LogP contribution in [0.1, 0.15) is 19.3 Å². The van der Waals surface area contributed by atoms with Gasteiger partial charge < -0.3 is 9.64 Å². The second kappa shape index (κ2) is 5.25. The third-order valence-electron chi connectivity index (χ3n) is 2.90. The van der Waals surface area contributed by atoms with E-state index in [2.05, 4.69) is 4.98 Å². The zero-order valence-corrected chi connectivity index (χ0v) is 9.53. The van der Waals surface area contributed by atoms with E-state index < -0.39 is 5.95 Å². The maximum atomic E-state index is 12.9. The molecule has 1 aliphatic heterocycles. The standard InChI is InChI=1S/C12H17FN2O/c1-15(9-11-4-2-3-7-16-11)10-5-6-14-12(13)8-10/h5-6,8,11H,2-4,7,9H2,1H3. The number of halogens is 1. The molecule has 1 unspecified atom stereocenters. The van der Waals surface area contributed by atoms with E-state index in [0.29, 0.717) is 0 Å². The molecule has 4 heteroatoms. The maximum absolute atomic E-state index is 12.9. The molecule has 1 aromatic heterocycles. The number of anilines is 1. The molecule has 0 spiro atoms. The molecule has 1 aromatic rings. The summed E-state index contributed by atoms with van der Waals surface area (Å²) in [6, 6.07) is 3.26. The Morgan fingerprint density at radius 2 is 2.44 bits per heavy atom. The molecule has 1 aliphatic rings. The van der Waals surface area contributed by atoms with Crippen LogP contribution in [0.2, 0.25) is 0 Å². The van der Waals surface area contributed by atoms with Gasteiger partial charge >= 0.3 is 0 Å². The van der Waals surface area contributed by atoms with Crippen LogP contribution in [0.25, 0.3) is 0 Å². The van der Waals surface area contributed by atoms with E-state index >= 15 is 0 Å². The first-order valence-electron chi connectivity index (χ1n) is 5.70. The summed E-state index contributed by atoms with van der Waals surface area (Å²) in [5.74, 6) is -0.436. The molecule has 0 saturated carbocycles. The van der Waals surface area contributed by atoms with Crippen molar-refractivity contribution in [2.45, 2.75) is 25.4 Å². The van der Waals surface area contributed by atoms with Crippen molar-refractivity contribution in [1.29, 1.82) is 0 Å². The van der Waals surface area contributed by atoms with Crippen molar-refractivity contribution in [3.8, 4) is 0 Å². The SMILES string of the molecule is CN(CC1CCCCO1)c1ccnc(F)c1. The van der Waals surface area contributed by atoms with Gasteiger partial charge in [-0.2, -0.15) is 4.39 Å². The summed E-state index contributed by atoms with van der Waals surface area (Å²) in [6.45, 7) is 1.66. The topological polar surface area (TPSA) is 25.4 Å². The molecular weight excluding hydrogens is 207 g/mol. The Kier molecular flexibility index (Phi) is 3.72. The van der Waals surface area contributed by atoms with Gasteiger partial charge in [0, 0.05) is 38.1 Å². The highest BCUT2D eigenvalue weighted by Crippen LogP contribution is 2.17. The normalized spacial score (nSPS) is 20.8. The lowest BCUT2D eigenvalue weighted by Gasteiger charge is -2.28. The Morgan fingerprint density at radius 3 is 3.12 bits per heavy atom. The number of nitrogens with zero attached hydrogens (tertiary/aromatic N) is 2. The summed E-state index contributed by atoms with van der Waals surface area (Å²) < 4.78 is 18.6. The van der Waals surface area contributed by atoms with Crippen LogP contribution in [0.3, 0.4) is 0 Å². The molecule has 16 heavy (non-hydrogen) atoms. The van der Waals surface area contributed by atoms with Gasteiger partial charge in [-0.3, -0.25) is 0 Å². The van der Waals surface area contributed by atoms with Crippen LogP contribution in [-0.2, 0) is 4.74 Å². The fraction of sp³-hybridized carbons (Fsp3) is 0.583. The molecule has 0 radical (unpaired) electrons. The minimum Gasteiger partial charge on any atom is -0.376 e. The Labute approximate surface area is 95.2 Å². The Morgan fingerprint density at radius 1 is 1.56 bits per heavy atom. The van der Waals surface area contributed by atoms with Crippen molar-refractivity contribution in [3.63, 3.8) is 0 Å². The molecule has 0 aromatic carbocycles. The summed E-state index contributed by atoms with van der Waals surface area (Å²) >= 11 is 0. The summed E-state index contributed by atoms with van der Waals surface area (Å²) in [5, 5.41) is 0. The number of aromatic nitrogens is 1. The highest BCUT2D eigenvalue weighted by atomic mass is 19.1. The number of ether oxygens (including phenoxy) is 1. The molecule has 3 nitrogen and oxygen atoms in total. The van der Waals surface area contributed by atoms with Gasteiger partial charge in [-0.15, -0.1) is 0 Å². The van der Waals surface area contributed by atoms with E-state index in [4.69, 9.17) is 4.74 Å². The highest BCUT2D eigenvalue weighted by molar-refractivity contribution is 5.44. The molecule has 2 rings (SSSR count). The third-order valence-corrected chi connectivity index (χ3v) is 2.90. The Balaban J connectivity index is 1.94. The first kappa shape index (κ1) is 11.3. The molecule has 1 atom stereocenters. The molecule has 0 N–H and O–H groups in total. The van der Waals surface area contributed by atoms with Crippen molar-refractivity contribution in [3.05, 3.63) is 24.3 Å². The van der Waals surface area contributed by atoms with Crippen molar-refractivity contribution >= 4 is 5.69 Å². The smallest absolute Gasteiger partial charge is 0.214 e. The Bertz CT molecular complexity index is 340. The van der Waals surface area contributed by atoms with Gasteiger partial charge in [0.25, 0.3) is 0 Å². The molecule has 2 heterocycles. The summed E-state index contributed by atoms with van der Waals surface area (Å²) in [6.07, 6.45) is 5.24. The van der Waals surface area contributed by atoms with Gasteiger partial charge in [0.15, 0.2) is 0 Å². The number of likely N-dealkylation sites (N-methyl/N-ethyl adjacent to an activating group) is 1.